The molecule has 0 saturated heterocycles. The Morgan fingerprint density at radius 1 is 1.17 bits per heavy atom. The number of amides is 1. The molecule has 0 radical (unpaired) electrons. The van der Waals surface area contributed by atoms with Gasteiger partial charge in [-0.1, -0.05) is 28.1 Å². The molecule has 1 unspecified atom stereocenters. The van der Waals surface area contributed by atoms with Gasteiger partial charge in [-0.2, -0.15) is 0 Å². The summed E-state index contributed by atoms with van der Waals surface area (Å²) in [6.07, 6.45) is 0.451. The van der Waals surface area contributed by atoms with Crippen molar-refractivity contribution in [3.8, 4) is 5.75 Å². The molecule has 3 aromatic rings. The largest absolute Gasteiger partial charge is 0.491 e. The van der Waals surface area contributed by atoms with Crippen LogP contribution in [-0.2, 0) is 0 Å². The molecule has 0 saturated carbocycles. The minimum Gasteiger partial charge on any atom is -0.491 e. The first kappa shape index (κ1) is 20.6. The number of rotatable bonds is 6. The SMILES string of the molecule is CC(C)Oc1ccc(C2c3c(oc4ccc(Br)cc4c3=O)C(=O)N2CCCO)cc1. The molecule has 30 heavy (non-hydrogen) atoms. The van der Waals surface area contributed by atoms with Gasteiger partial charge < -0.3 is 19.2 Å². The lowest BCUT2D eigenvalue weighted by atomic mass is 9.98. The maximum absolute atomic E-state index is 13.4. The number of fused-ring (bicyclic) bond motifs is 2. The van der Waals surface area contributed by atoms with Crippen molar-refractivity contribution in [3.05, 3.63) is 74.0 Å². The van der Waals surface area contributed by atoms with E-state index < -0.39 is 6.04 Å². The monoisotopic (exact) mass is 471 g/mol. The predicted octanol–water partition coefficient (Wildman–Crippen LogP) is 4.27. The maximum Gasteiger partial charge on any atom is 0.290 e. The Bertz CT molecular complexity index is 1150. The van der Waals surface area contributed by atoms with Crippen molar-refractivity contribution in [1.29, 1.82) is 0 Å². The van der Waals surface area contributed by atoms with E-state index in [4.69, 9.17) is 9.15 Å². The minimum atomic E-state index is -0.577. The van der Waals surface area contributed by atoms with Crippen LogP contribution in [0.5, 0.6) is 5.75 Å². The Balaban J connectivity index is 1.87. The summed E-state index contributed by atoms with van der Waals surface area (Å²) < 4.78 is 12.4. The van der Waals surface area contributed by atoms with E-state index in [0.717, 1.165) is 15.8 Å². The number of nitrogens with zero attached hydrogens (tertiary/aromatic N) is 1. The molecule has 4 rings (SSSR count). The quantitative estimate of drug-likeness (QED) is 0.580. The molecule has 2 aromatic carbocycles. The Morgan fingerprint density at radius 2 is 1.90 bits per heavy atom. The number of aliphatic hydroxyl groups excluding tert-OH is 1. The summed E-state index contributed by atoms with van der Waals surface area (Å²) in [5.74, 6) is 0.447. The van der Waals surface area contributed by atoms with Crippen LogP contribution in [0.1, 0.15) is 48.0 Å². The van der Waals surface area contributed by atoms with E-state index in [2.05, 4.69) is 15.9 Å². The predicted molar refractivity (Wildman–Crippen MR) is 117 cm³/mol. The molecular formula is C23H22BrNO5. The van der Waals surface area contributed by atoms with Crippen molar-refractivity contribution < 1.29 is 19.1 Å². The highest BCUT2D eigenvalue weighted by Gasteiger charge is 2.42. The lowest BCUT2D eigenvalue weighted by molar-refractivity contribution is 0.0716. The van der Waals surface area contributed by atoms with Crippen molar-refractivity contribution in [2.24, 2.45) is 0 Å². The van der Waals surface area contributed by atoms with Crippen molar-refractivity contribution in [2.45, 2.75) is 32.4 Å². The van der Waals surface area contributed by atoms with Crippen LogP contribution in [0.4, 0.5) is 0 Å². The fourth-order valence-electron chi connectivity index (χ4n) is 3.81. The number of hydrogen-bond donors (Lipinski definition) is 1. The van der Waals surface area contributed by atoms with E-state index in [-0.39, 0.29) is 29.8 Å². The molecule has 0 aliphatic carbocycles. The molecule has 2 heterocycles. The third-order valence-corrected chi connectivity index (χ3v) is 5.55. The molecule has 0 fully saturated rings. The third-order valence-electron chi connectivity index (χ3n) is 5.05. The number of hydrogen-bond acceptors (Lipinski definition) is 5. The molecule has 0 spiro atoms. The van der Waals surface area contributed by atoms with Gasteiger partial charge >= 0.3 is 0 Å². The molecule has 156 valence electrons. The molecule has 1 amide bonds. The maximum atomic E-state index is 13.4. The van der Waals surface area contributed by atoms with Crippen molar-refractivity contribution in [2.75, 3.05) is 13.2 Å². The van der Waals surface area contributed by atoms with Crippen LogP contribution in [0.25, 0.3) is 11.0 Å². The summed E-state index contributed by atoms with van der Waals surface area (Å²) in [6.45, 7) is 4.16. The topological polar surface area (TPSA) is 80.0 Å². The summed E-state index contributed by atoms with van der Waals surface area (Å²) in [5, 5.41) is 9.72. The molecule has 0 bridgehead atoms. The Kier molecular flexibility index (Phi) is 5.66. The summed E-state index contributed by atoms with van der Waals surface area (Å²) in [6, 6.07) is 12.0. The number of aliphatic hydroxyl groups is 1. The normalized spacial score (nSPS) is 15.8. The highest BCUT2D eigenvalue weighted by Crippen LogP contribution is 2.38. The van der Waals surface area contributed by atoms with Gasteiger partial charge in [0.2, 0.25) is 5.76 Å². The molecule has 1 aliphatic heterocycles. The van der Waals surface area contributed by atoms with E-state index in [1.807, 2.05) is 38.1 Å². The van der Waals surface area contributed by atoms with Gasteiger partial charge in [0.25, 0.3) is 5.91 Å². The number of carbonyl (C=O) groups is 1. The molecule has 1 N–H and O–H groups in total. The zero-order valence-electron chi connectivity index (χ0n) is 16.7. The van der Waals surface area contributed by atoms with Gasteiger partial charge in [-0.15, -0.1) is 0 Å². The first-order valence-corrected chi connectivity index (χ1v) is 10.6. The molecular weight excluding hydrogens is 450 g/mol. The van der Waals surface area contributed by atoms with E-state index in [1.54, 1.807) is 23.1 Å². The second kappa shape index (κ2) is 8.24. The number of halogens is 1. The zero-order valence-corrected chi connectivity index (χ0v) is 18.3. The average molecular weight is 472 g/mol. The van der Waals surface area contributed by atoms with Crippen LogP contribution < -0.4 is 10.2 Å². The van der Waals surface area contributed by atoms with E-state index in [9.17, 15) is 14.7 Å². The van der Waals surface area contributed by atoms with Gasteiger partial charge in [0.1, 0.15) is 11.3 Å². The number of ether oxygens (including phenoxy) is 1. The zero-order chi connectivity index (χ0) is 21.4. The lowest BCUT2D eigenvalue weighted by Gasteiger charge is -2.25. The fraction of sp³-hybridized carbons (Fsp3) is 0.304. The standard InChI is InChI=1S/C23H22BrNO5/c1-13(2)29-16-7-4-14(5-8-16)20-19-21(27)17-12-15(24)6-9-18(17)30-22(19)23(28)25(20)10-3-11-26/h4-9,12-13,20,26H,3,10-11H2,1-2H3. The van der Waals surface area contributed by atoms with E-state index in [1.165, 1.54) is 0 Å². The van der Waals surface area contributed by atoms with Gasteiger partial charge in [0.15, 0.2) is 5.43 Å². The van der Waals surface area contributed by atoms with Gasteiger partial charge in [-0.25, -0.2) is 0 Å². The molecule has 6 nitrogen and oxygen atoms in total. The highest BCUT2D eigenvalue weighted by molar-refractivity contribution is 9.10. The minimum absolute atomic E-state index is 0.0440. The van der Waals surface area contributed by atoms with E-state index in [0.29, 0.717) is 29.5 Å². The third kappa shape index (κ3) is 3.63. The summed E-state index contributed by atoms with van der Waals surface area (Å²) >= 11 is 3.39. The van der Waals surface area contributed by atoms with Gasteiger partial charge in [-0.3, -0.25) is 9.59 Å². The molecule has 1 aliphatic rings. The fourth-order valence-corrected chi connectivity index (χ4v) is 4.17. The first-order valence-electron chi connectivity index (χ1n) is 9.85. The Morgan fingerprint density at radius 3 is 2.57 bits per heavy atom. The summed E-state index contributed by atoms with van der Waals surface area (Å²) in [4.78, 5) is 28.1. The number of carbonyl (C=O) groups excluding carboxylic acids is 1. The van der Waals surface area contributed by atoms with E-state index >= 15 is 0 Å². The van der Waals surface area contributed by atoms with Gasteiger partial charge in [-0.05, 0) is 56.2 Å². The molecule has 1 atom stereocenters. The van der Waals surface area contributed by atoms with Crippen molar-refractivity contribution >= 4 is 32.8 Å². The molecule has 7 heteroatoms. The van der Waals surface area contributed by atoms with Crippen LogP contribution in [0, 0.1) is 0 Å². The van der Waals surface area contributed by atoms with Gasteiger partial charge in [0.05, 0.1) is 23.1 Å². The second-order valence-electron chi connectivity index (χ2n) is 7.53. The first-order chi connectivity index (χ1) is 14.4. The second-order valence-corrected chi connectivity index (χ2v) is 8.44. The van der Waals surface area contributed by atoms with Crippen molar-refractivity contribution in [3.63, 3.8) is 0 Å². The molecule has 1 aromatic heterocycles. The summed E-state index contributed by atoms with van der Waals surface area (Å²) in [7, 11) is 0. The van der Waals surface area contributed by atoms with Crippen molar-refractivity contribution in [1.82, 2.24) is 4.90 Å². The van der Waals surface area contributed by atoms with Crippen LogP contribution in [-0.4, -0.2) is 35.2 Å². The average Bonchev–Trinajstić information content (AvgIpc) is 2.99. The lowest BCUT2D eigenvalue weighted by Crippen LogP contribution is -2.31. The van der Waals surface area contributed by atoms with Gasteiger partial charge in [0, 0.05) is 17.6 Å². The Labute approximate surface area is 182 Å². The highest BCUT2D eigenvalue weighted by atomic mass is 79.9. The summed E-state index contributed by atoms with van der Waals surface area (Å²) in [5.41, 5.74) is 1.28. The van der Waals surface area contributed by atoms with Crippen LogP contribution in [0.3, 0.4) is 0 Å². The number of benzene rings is 2. The smallest absolute Gasteiger partial charge is 0.290 e. The van der Waals surface area contributed by atoms with Crippen LogP contribution >= 0.6 is 15.9 Å². The van der Waals surface area contributed by atoms with Crippen LogP contribution in [0.15, 0.2) is 56.1 Å². The van der Waals surface area contributed by atoms with Crippen LogP contribution in [0.2, 0.25) is 0 Å². The Hall–Kier alpha value is -2.64.